The van der Waals surface area contributed by atoms with E-state index in [0.717, 1.165) is 33.6 Å². The molecule has 70 heavy (non-hydrogen) atoms. The van der Waals surface area contributed by atoms with Gasteiger partial charge in [0.25, 0.3) is 20.2 Å². The molecular weight excluding hydrogens is 945 g/mol. The van der Waals surface area contributed by atoms with Crippen LogP contribution in [0.1, 0.15) is 47.2 Å². The van der Waals surface area contributed by atoms with Crippen LogP contribution >= 0.6 is 0 Å². The number of azo groups is 2. The average Bonchev–Trinajstić information content (AvgIpc) is 3.30. The summed E-state index contributed by atoms with van der Waals surface area (Å²) in [5, 5.41) is 62.6. The molecule has 0 atom stereocenters. The molecule has 5 aromatic carbocycles. The lowest BCUT2D eigenvalue weighted by atomic mass is 9.95. The van der Waals surface area contributed by atoms with E-state index in [0.29, 0.717) is 84.8 Å². The molecule has 0 saturated heterocycles. The van der Waals surface area contributed by atoms with Crippen LogP contribution in [0.2, 0.25) is 0 Å². The van der Waals surface area contributed by atoms with Gasteiger partial charge >= 0.3 is 0 Å². The number of aromatic hydroxyl groups is 4. The third kappa shape index (κ3) is 7.35. The highest BCUT2D eigenvalue weighted by molar-refractivity contribution is 7.86. The molecule has 22 nitrogen and oxygen atoms in total. The summed E-state index contributed by atoms with van der Waals surface area (Å²) in [6.45, 7) is 8.71. The molecule has 0 aromatic heterocycles. The lowest BCUT2D eigenvalue weighted by Crippen LogP contribution is -2.48. The van der Waals surface area contributed by atoms with Crippen molar-refractivity contribution in [3.05, 3.63) is 81.9 Å². The molecule has 0 fully saturated rings. The highest BCUT2D eigenvalue weighted by Gasteiger charge is 2.42. The van der Waals surface area contributed by atoms with Gasteiger partial charge in [0.1, 0.15) is 21.3 Å². The second-order valence-electron chi connectivity index (χ2n) is 18.6. The van der Waals surface area contributed by atoms with Crippen molar-refractivity contribution >= 4 is 77.1 Å². The molecule has 0 aliphatic carbocycles. The summed E-state index contributed by atoms with van der Waals surface area (Å²) in [5.41, 5.74) is 7.68. The van der Waals surface area contributed by atoms with Crippen molar-refractivity contribution in [1.82, 2.24) is 9.80 Å². The van der Waals surface area contributed by atoms with Gasteiger partial charge in [-0.15, -0.1) is 10.2 Å². The van der Waals surface area contributed by atoms with Gasteiger partial charge in [0, 0.05) is 85.0 Å². The number of fused-ring (bicyclic) bond motifs is 16. The topological polar surface area (TPSA) is 265 Å². The lowest BCUT2D eigenvalue weighted by Gasteiger charge is -2.48. The fourth-order valence-electron chi connectivity index (χ4n) is 11.1. The van der Waals surface area contributed by atoms with E-state index < -0.39 is 20.2 Å². The van der Waals surface area contributed by atoms with Gasteiger partial charge in [-0.05, 0) is 75.5 Å². The van der Waals surface area contributed by atoms with Gasteiger partial charge in [0.05, 0.1) is 73.9 Å². The second kappa shape index (κ2) is 16.3. The van der Waals surface area contributed by atoms with Crippen LogP contribution in [0.4, 0.5) is 56.9 Å². The van der Waals surface area contributed by atoms with Gasteiger partial charge in [0.2, 0.25) is 0 Å². The second-order valence-corrected chi connectivity index (χ2v) is 21.3. The molecule has 5 aromatic rings. The summed E-state index contributed by atoms with van der Waals surface area (Å²) >= 11 is 0. The fourth-order valence-corrected chi connectivity index (χ4v) is 12.6. The van der Waals surface area contributed by atoms with E-state index >= 15 is 0 Å². The van der Waals surface area contributed by atoms with E-state index in [1.54, 1.807) is 34.1 Å². The van der Waals surface area contributed by atoms with Crippen molar-refractivity contribution in [3.63, 3.8) is 0 Å². The van der Waals surface area contributed by atoms with Gasteiger partial charge in [-0.2, -0.15) is 27.1 Å². The molecule has 6 N–H and O–H groups in total. The number of anilines is 6. The Balaban J connectivity index is 0.844. The molecule has 0 saturated carbocycles. The normalized spacial score (nSPS) is 17.7. The first-order valence-electron chi connectivity index (χ1n) is 22.6. The first kappa shape index (κ1) is 45.5. The molecule has 0 unspecified atom stereocenters. The number of nitrogens with zero attached hydrogens (tertiary/aromatic N) is 12. The van der Waals surface area contributed by atoms with E-state index in [2.05, 4.69) is 40.1 Å². The largest absolute Gasteiger partial charge is 0.505 e. The van der Waals surface area contributed by atoms with E-state index in [1.165, 1.54) is 24.3 Å². The summed E-state index contributed by atoms with van der Waals surface area (Å²) < 4.78 is 72.4. The summed E-state index contributed by atoms with van der Waals surface area (Å²) in [6.07, 6.45) is 0. The number of phenols is 4. The molecule has 0 radical (unpaired) electrons. The van der Waals surface area contributed by atoms with Gasteiger partial charge < -0.3 is 49.8 Å². The average molecular weight is 995 g/mol. The SMILES string of the molecule is CCN1CN(C)Cc2cc(S(=O)(=O)O)c3c(c21)CN1CN3Cc2c1cc(O)c(N=Nc1ccc(N=Nc3c(O)cc4c(c3O)CN3CN4Cc4c5c(cc(S(=O)(=O)O)c43)CN(C)CN5CC)cc1)c2O. The third-order valence-electron chi connectivity index (χ3n) is 13.9. The van der Waals surface area contributed by atoms with Crippen LogP contribution in [-0.2, 0) is 59.5 Å². The minimum atomic E-state index is -4.64. The fraction of sp³-hybridized carbons (Fsp3) is 0.348. The summed E-state index contributed by atoms with van der Waals surface area (Å²) in [7, 11) is -5.40. The molecule has 24 heteroatoms. The van der Waals surface area contributed by atoms with Crippen molar-refractivity contribution in [3.8, 4) is 23.0 Å². The van der Waals surface area contributed by atoms with E-state index in [-0.39, 0.29) is 83.7 Å². The minimum absolute atomic E-state index is 0.0486. The maximum absolute atomic E-state index is 12.9. The van der Waals surface area contributed by atoms with Crippen LogP contribution in [-0.4, -0.2) is 110 Å². The smallest absolute Gasteiger partial charge is 0.296 e. The van der Waals surface area contributed by atoms with Gasteiger partial charge in [-0.3, -0.25) is 18.9 Å². The molecular formula is C46H50N12O10S2. The van der Waals surface area contributed by atoms with Crippen LogP contribution in [0.3, 0.4) is 0 Å². The molecule has 6 heterocycles. The van der Waals surface area contributed by atoms with Crippen LogP contribution in [0.25, 0.3) is 0 Å². The first-order valence-corrected chi connectivity index (χ1v) is 25.5. The Morgan fingerprint density at radius 3 is 1.21 bits per heavy atom. The Labute approximate surface area is 403 Å². The number of benzene rings is 5. The zero-order valence-corrected chi connectivity index (χ0v) is 40.2. The van der Waals surface area contributed by atoms with E-state index in [1.807, 2.05) is 37.7 Å². The zero-order chi connectivity index (χ0) is 49.3. The Kier molecular flexibility index (Phi) is 10.6. The summed E-state index contributed by atoms with van der Waals surface area (Å²) in [4.78, 5) is 15.5. The molecule has 0 amide bonds. The summed E-state index contributed by atoms with van der Waals surface area (Å²) in [6, 6.07) is 12.3. The standard InChI is InChI=1S/C46H50N12O10S2/c1-5-53-21-51(3)15-25-11-37(69(63,64)65)43-31(41(25)53)19-55-23-57(43)17-29-33(55)13-35(59)39(45(29)61)49-47-27-7-9-28(10-8-27)48-50-40-36(60)14-34-30(46(40)62)18-58-24-56(34)20-32-42-26(16-52(4)22-54(42)6-2)12-38(44(32)58)70(66,67)68/h7-14,59-62H,5-6,15-24H2,1-4H3,(H,63,64,65)(H,66,67,68). The molecule has 4 bridgehead atoms. The predicted octanol–water partition coefficient (Wildman–Crippen LogP) is 6.89. The molecule has 0 spiro atoms. The van der Waals surface area contributed by atoms with Crippen LogP contribution in [0, 0.1) is 0 Å². The maximum Gasteiger partial charge on any atom is 0.296 e. The monoisotopic (exact) mass is 994 g/mol. The Bertz CT molecular complexity index is 3140. The van der Waals surface area contributed by atoms with Gasteiger partial charge in [-0.25, -0.2) is 0 Å². The van der Waals surface area contributed by atoms with E-state index in [9.17, 15) is 46.4 Å². The number of rotatable bonds is 8. The zero-order valence-electron chi connectivity index (χ0n) is 38.6. The van der Waals surface area contributed by atoms with Crippen LogP contribution in [0.5, 0.6) is 23.0 Å². The van der Waals surface area contributed by atoms with Crippen LogP contribution < -0.4 is 29.4 Å². The highest BCUT2D eigenvalue weighted by atomic mass is 32.2. The lowest BCUT2D eigenvalue weighted by molar-refractivity contribution is 0.309. The van der Waals surface area contributed by atoms with E-state index in [4.69, 9.17) is 0 Å². The number of hydrogen-bond donors (Lipinski definition) is 6. The highest BCUT2D eigenvalue weighted by Crippen LogP contribution is 2.55. The van der Waals surface area contributed by atoms with Crippen LogP contribution in [0.15, 0.2) is 78.8 Å². The quantitative estimate of drug-likeness (QED) is 0.0683. The molecule has 6 aliphatic heterocycles. The molecule has 6 aliphatic rings. The van der Waals surface area contributed by atoms with Gasteiger partial charge in [0.15, 0.2) is 22.9 Å². The minimum Gasteiger partial charge on any atom is -0.505 e. The van der Waals surface area contributed by atoms with Crippen molar-refractivity contribution < 1.29 is 46.4 Å². The first-order chi connectivity index (χ1) is 33.3. The number of phenolic OH excluding ortho intramolecular Hbond substituents is 4. The summed E-state index contributed by atoms with van der Waals surface area (Å²) in [5.74, 6) is -1.33. The Morgan fingerprint density at radius 2 is 0.857 bits per heavy atom. The van der Waals surface area contributed by atoms with Gasteiger partial charge in [-0.1, -0.05) is 0 Å². The predicted molar refractivity (Wildman–Crippen MR) is 260 cm³/mol. The van der Waals surface area contributed by atoms with Crippen molar-refractivity contribution in [2.45, 2.75) is 62.9 Å². The maximum atomic E-state index is 12.9. The third-order valence-corrected chi connectivity index (χ3v) is 15.7. The molecule has 11 rings (SSSR count). The molecule has 366 valence electrons. The van der Waals surface area contributed by atoms with Crippen molar-refractivity contribution in [2.75, 3.05) is 83.3 Å². The Morgan fingerprint density at radius 1 is 0.486 bits per heavy atom. The number of hydrogen-bond acceptors (Lipinski definition) is 20. The Hall–Kier alpha value is -6.96. The van der Waals surface area contributed by atoms with Crippen molar-refractivity contribution in [2.24, 2.45) is 20.5 Å². The van der Waals surface area contributed by atoms with Crippen molar-refractivity contribution in [1.29, 1.82) is 0 Å².